The van der Waals surface area contributed by atoms with Crippen molar-refractivity contribution in [2.75, 3.05) is 23.9 Å². The third-order valence-electron chi connectivity index (χ3n) is 4.23. The first-order valence-electron chi connectivity index (χ1n) is 9.05. The average molecular weight is 433 g/mol. The number of fused-ring (bicyclic) bond motifs is 1. The van der Waals surface area contributed by atoms with Crippen molar-refractivity contribution in [2.45, 2.75) is 20.5 Å². The van der Waals surface area contributed by atoms with Crippen LogP contribution in [-0.4, -0.2) is 35.9 Å². The molecule has 0 spiro atoms. The molecule has 6 nitrogen and oxygen atoms in total. The zero-order valence-electron chi connectivity index (χ0n) is 16.2. The summed E-state index contributed by atoms with van der Waals surface area (Å²) in [5.74, 6) is -0.161. The Hall–Kier alpha value is -2.64. The monoisotopic (exact) mass is 432 g/mol. The van der Waals surface area contributed by atoms with Crippen LogP contribution in [0.15, 0.2) is 42.5 Å². The molecule has 3 rings (SSSR count). The number of ether oxygens (including phenoxy) is 2. The van der Waals surface area contributed by atoms with Crippen LogP contribution in [0.3, 0.4) is 0 Å². The van der Waals surface area contributed by atoms with E-state index in [1.165, 1.54) is 6.92 Å². The quantitative estimate of drug-likeness (QED) is 0.391. The molecule has 1 aromatic heterocycles. The maximum absolute atomic E-state index is 12.0. The molecule has 0 atom stereocenters. The molecule has 0 aliphatic heterocycles. The summed E-state index contributed by atoms with van der Waals surface area (Å²) in [6.07, 6.45) is 0. The molecule has 29 heavy (non-hydrogen) atoms. The minimum Gasteiger partial charge on any atom is -0.486 e. The Balaban J connectivity index is 1.65. The van der Waals surface area contributed by atoms with Crippen molar-refractivity contribution < 1.29 is 19.1 Å². The van der Waals surface area contributed by atoms with Gasteiger partial charge in [-0.15, -0.1) is 22.9 Å². The molecule has 152 valence electrons. The molecule has 0 saturated heterocycles. The molecule has 0 unspecified atom stereocenters. The van der Waals surface area contributed by atoms with Crippen molar-refractivity contribution >= 4 is 50.7 Å². The zero-order valence-corrected chi connectivity index (χ0v) is 17.8. The van der Waals surface area contributed by atoms with E-state index < -0.39 is 5.97 Å². The summed E-state index contributed by atoms with van der Waals surface area (Å²) in [6.45, 7) is 4.09. The number of esters is 1. The number of anilines is 1. The lowest BCUT2D eigenvalue weighted by molar-refractivity contribution is -0.140. The normalized spacial score (nSPS) is 10.7. The first-order chi connectivity index (χ1) is 14.0. The number of halogens is 1. The largest absolute Gasteiger partial charge is 0.486 e. The molecule has 8 heteroatoms. The number of thiazole rings is 1. The van der Waals surface area contributed by atoms with Crippen LogP contribution in [0.25, 0.3) is 10.2 Å². The number of alkyl halides is 1. The summed E-state index contributed by atoms with van der Waals surface area (Å²) in [7, 11) is 0. The highest BCUT2D eigenvalue weighted by Crippen LogP contribution is 2.27. The average Bonchev–Trinajstić information content (AvgIpc) is 3.13. The zero-order chi connectivity index (χ0) is 20.8. The fourth-order valence-electron chi connectivity index (χ4n) is 2.88. The predicted molar refractivity (Wildman–Crippen MR) is 115 cm³/mol. The van der Waals surface area contributed by atoms with Crippen molar-refractivity contribution in [2.24, 2.45) is 0 Å². The number of carbonyl (C=O) groups excluding carboxylic acids is 2. The van der Waals surface area contributed by atoms with Gasteiger partial charge in [-0.2, -0.15) is 0 Å². The second-order valence-corrected chi connectivity index (χ2v) is 7.72. The first-order valence-corrected chi connectivity index (χ1v) is 10.4. The van der Waals surface area contributed by atoms with Gasteiger partial charge in [0.25, 0.3) is 0 Å². The number of benzene rings is 2. The third-order valence-corrected chi connectivity index (χ3v) is 5.45. The molecule has 0 bridgehead atoms. The van der Waals surface area contributed by atoms with Crippen molar-refractivity contribution in [3.05, 3.63) is 53.0 Å². The van der Waals surface area contributed by atoms with Crippen LogP contribution < -0.4 is 9.64 Å². The Morgan fingerprint density at radius 2 is 2.00 bits per heavy atom. The minimum atomic E-state index is -0.509. The maximum Gasteiger partial charge on any atom is 0.320 e. The van der Waals surface area contributed by atoms with Crippen LogP contribution in [0, 0.1) is 6.92 Å². The van der Waals surface area contributed by atoms with E-state index in [4.69, 9.17) is 21.1 Å². The van der Waals surface area contributed by atoms with Gasteiger partial charge in [-0.1, -0.05) is 12.1 Å². The molecule has 2 aromatic carbocycles. The molecule has 0 radical (unpaired) electrons. The minimum absolute atomic E-state index is 0.0838. The van der Waals surface area contributed by atoms with E-state index in [0.29, 0.717) is 12.4 Å². The van der Waals surface area contributed by atoms with Gasteiger partial charge in [-0.25, -0.2) is 4.98 Å². The number of carbonyl (C=O) groups is 2. The van der Waals surface area contributed by atoms with Gasteiger partial charge in [0, 0.05) is 12.6 Å². The van der Waals surface area contributed by atoms with Crippen LogP contribution in [0.2, 0.25) is 0 Å². The lowest BCUT2D eigenvalue weighted by atomic mass is 10.1. The molecule has 0 aliphatic carbocycles. The highest BCUT2D eigenvalue weighted by molar-refractivity contribution is 7.18. The number of amides is 1. The van der Waals surface area contributed by atoms with Crippen LogP contribution in [-0.2, 0) is 20.9 Å². The Kier molecular flexibility index (Phi) is 7.06. The predicted octanol–water partition coefficient (Wildman–Crippen LogP) is 4.32. The van der Waals surface area contributed by atoms with E-state index in [0.717, 1.165) is 26.5 Å². The van der Waals surface area contributed by atoms with Crippen molar-refractivity contribution in [1.82, 2.24) is 4.98 Å². The molecule has 0 aliphatic rings. The number of hydrogen-bond acceptors (Lipinski definition) is 6. The van der Waals surface area contributed by atoms with Gasteiger partial charge in [0.15, 0.2) is 0 Å². The standard InChI is InChI=1S/C21H21ClN2O4S/c1-14-11-16(28-13-20-23-17-5-3-4-6-19(17)29-20)7-8-18(14)24(15(2)25)9-10-27-21(26)12-22/h3-8,11H,9-10,12-13H2,1-2H3. The number of nitrogens with zero attached hydrogens (tertiary/aromatic N) is 2. The number of para-hydroxylation sites is 1. The Labute approximate surface area is 178 Å². The number of rotatable bonds is 8. The van der Waals surface area contributed by atoms with Crippen molar-refractivity contribution in [3.63, 3.8) is 0 Å². The van der Waals surface area contributed by atoms with Gasteiger partial charge in [-0.3, -0.25) is 9.59 Å². The number of aryl methyl sites for hydroxylation is 1. The summed E-state index contributed by atoms with van der Waals surface area (Å²) >= 11 is 7.02. The molecular weight excluding hydrogens is 412 g/mol. The fourth-order valence-corrected chi connectivity index (χ4v) is 3.84. The summed E-state index contributed by atoms with van der Waals surface area (Å²) in [5.41, 5.74) is 2.59. The Bertz CT molecular complexity index is 988. The van der Waals surface area contributed by atoms with Crippen LogP contribution in [0.4, 0.5) is 5.69 Å². The summed E-state index contributed by atoms with van der Waals surface area (Å²) in [5, 5.41) is 0.902. The van der Waals surface area contributed by atoms with Gasteiger partial charge in [0.1, 0.15) is 29.9 Å². The smallest absolute Gasteiger partial charge is 0.320 e. The van der Waals surface area contributed by atoms with Gasteiger partial charge < -0.3 is 14.4 Å². The highest BCUT2D eigenvalue weighted by Gasteiger charge is 2.15. The Morgan fingerprint density at radius 3 is 2.69 bits per heavy atom. The molecule has 0 saturated carbocycles. The molecule has 1 heterocycles. The van der Waals surface area contributed by atoms with Gasteiger partial charge in [0.2, 0.25) is 5.91 Å². The summed E-state index contributed by atoms with van der Waals surface area (Å²) < 4.78 is 12.0. The number of hydrogen-bond donors (Lipinski definition) is 0. The first kappa shape index (κ1) is 21.1. The van der Waals surface area contributed by atoms with E-state index in [2.05, 4.69) is 4.98 Å². The van der Waals surface area contributed by atoms with E-state index in [-0.39, 0.29) is 24.9 Å². The van der Waals surface area contributed by atoms with E-state index in [1.807, 2.05) is 49.4 Å². The van der Waals surface area contributed by atoms with Crippen LogP contribution in [0.1, 0.15) is 17.5 Å². The van der Waals surface area contributed by atoms with Crippen LogP contribution >= 0.6 is 22.9 Å². The molecule has 0 N–H and O–H groups in total. The molecule has 3 aromatic rings. The lowest BCUT2D eigenvalue weighted by Crippen LogP contribution is -2.33. The van der Waals surface area contributed by atoms with E-state index >= 15 is 0 Å². The topological polar surface area (TPSA) is 68.7 Å². The van der Waals surface area contributed by atoms with E-state index in [9.17, 15) is 9.59 Å². The molecule has 0 fully saturated rings. The second-order valence-electron chi connectivity index (χ2n) is 6.34. The van der Waals surface area contributed by atoms with Gasteiger partial charge in [-0.05, 0) is 42.8 Å². The highest BCUT2D eigenvalue weighted by atomic mass is 35.5. The Morgan fingerprint density at radius 1 is 1.21 bits per heavy atom. The lowest BCUT2D eigenvalue weighted by Gasteiger charge is -2.23. The van der Waals surface area contributed by atoms with E-state index in [1.54, 1.807) is 16.2 Å². The molecular formula is C21H21ClN2O4S. The number of aromatic nitrogens is 1. The van der Waals surface area contributed by atoms with Crippen molar-refractivity contribution in [1.29, 1.82) is 0 Å². The SMILES string of the molecule is CC(=O)N(CCOC(=O)CCl)c1ccc(OCc2nc3ccccc3s2)cc1C. The van der Waals surface area contributed by atoms with Crippen molar-refractivity contribution in [3.8, 4) is 5.75 Å². The third kappa shape index (κ3) is 5.46. The van der Waals surface area contributed by atoms with Crippen LogP contribution in [0.5, 0.6) is 5.75 Å². The maximum atomic E-state index is 12.0. The summed E-state index contributed by atoms with van der Waals surface area (Å²) in [6, 6.07) is 13.5. The van der Waals surface area contributed by atoms with Gasteiger partial charge in [0.05, 0.1) is 16.8 Å². The molecule has 1 amide bonds. The second kappa shape index (κ2) is 9.71. The summed E-state index contributed by atoms with van der Waals surface area (Å²) in [4.78, 5) is 29.4. The fraction of sp³-hybridized carbons (Fsp3) is 0.286. The van der Waals surface area contributed by atoms with Gasteiger partial charge >= 0.3 is 5.97 Å².